The zero-order valence-electron chi connectivity index (χ0n) is 14.8. The van der Waals surface area contributed by atoms with Crippen molar-refractivity contribution >= 4 is 27.3 Å². The molecule has 0 amide bonds. The topological polar surface area (TPSA) is 118 Å². The number of sulfonamides is 1. The predicted octanol–water partition coefficient (Wildman–Crippen LogP) is 2.08. The van der Waals surface area contributed by atoms with Gasteiger partial charge >= 0.3 is 5.97 Å². The van der Waals surface area contributed by atoms with Crippen molar-refractivity contribution in [2.45, 2.75) is 50.3 Å². The molecule has 0 atom stereocenters. The lowest BCUT2D eigenvalue weighted by molar-refractivity contribution is -0.137. The molecule has 2 rings (SSSR count). The number of aliphatic carboxylic acids is 1. The summed E-state index contributed by atoms with van der Waals surface area (Å²) < 4.78 is 28.8. The number of unbranched alkanes of at least 4 members (excludes halogenated alkanes) is 2. The maximum atomic E-state index is 13.0. The van der Waals surface area contributed by atoms with Crippen molar-refractivity contribution in [1.82, 2.24) is 24.5 Å². The molecule has 0 aliphatic heterocycles. The van der Waals surface area contributed by atoms with Crippen LogP contribution < -0.4 is 0 Å². The zero-order valence-corrected chi connectivity index (χ0v) is 16.5. The fourth-order valence-electron chi connectivity index (χ4n) is 2.34. The first-order valence-electron chi connectivity index (χ1n) is 8.48. The van der Waals surface area contributed by atoms with Gasteiger partial charge in [-0.25, -0.2) is 13.1 Å². The quantitative estimate of drug-likeness (QED) is 0.612. The minimum Gasteiger partial charge on any atom is -0.480 e. The Bertz CT molecular complexity index is 823. The van der Waals surface area contributed by atoms with Crippen LogP contribution in [0.15, 0.2) is 16.3 Å². The predicted molar refractivity (Wildman–Crippen MR) is 97.3 cm³/mol. The second-order valence-corrected chi connectivity index (χ2v) is 9.03. The zero-order chi connectivity index (χ0) is 19.2. The number of aromatic nitrogens is 4. The number of hydrogen-bond donors (Lipinski definition) is 1. The van der Waals surface area contributed by atoms with Crippen LogP contribution in [-0.4, -0.2) is 57.1 Å². The van der Waals surface area contributed by atoms with Crippen molar-refractivity contribution in [1.29, 1.82) is 0 Å². The number of carbonyl (C=O) groups is 1. The molecule has 2 aromatic heterocycles. The Morgan fingerprint density at radius 3 is 2.46 bits per heavy atom. The average Bonchev–Trinajstić information content (AvgIpc) is 3.23. The Balaban J connectivity index is 2.28. The summed E-state index contributed by atoms with van der Waals surface area (Å²) in [6, 6.07) is 3.14. The van der Waals surface area contributed by atoms with Crippen LogP contribution in [-0.2, 0) is 21.4 Å². The number of rotatable bonds is 11. The molecular weight excluding hydrogens is 378 g/mol. The third-order valence-electron chi connectivity index (χ3n) is 3.73. The van der Waals surface area contributed by atoms with Gasteiger partial charge in [0.2, 0.25) is 0 Å². The minimum absolute atomic E-state index is 0.213. The molecule has 0 aliphatic carbocycles. The van der Waals surface area contributed by atoms with Crippen LogP contribution in [0.25, 0.3) is 10.7 Å². The van der Waals surface area contributed by atoms with E-state index in [0.29, 0.717) is 18.0 Å². The Kier molecular flexibility index (Phi) is 7.23. The van der Waals surface area contributed by atoms with Gasteiger partial charge in [-0.2, -0.15) is 4.31 Å². The molecule has 0 unspecified atom stereocenters. The SMILES string of the molecule is CCCCN(CCCC)S(=O)(=O)c1ccc(-c2nnnn2CC(=O)O)s1. The Hall–Kier alpha value is -1.85. The molecule has 0 saturated carbocycles. The van der Waals surface area contributed by atoms with Gasteiger partial charge in [0.05, 0.1) is 4.88 Å². The van der Waals surface area contributed by atoms with E-state index < -0.39 is 16.0 Å². The van der Waals surface area contributed by atoms with Crippen molar-refractivity contribution in [2.24, 2.45) is 0 Å². The Morgan fingerprint density at radius 2 is 1.88 bits per heavy atom. The van der Waals surface area contributed by atoms with Crippen LogP contribution in [0.4, 0.5) is 0 Å². The maximum absolute atomic E-state index is 13.0. The van der Waals surface area contributed by atoms with E-state index in [9.17, 15) is 13.2 Å². The lowest BCUT2D eigenvalue weighted by Gasteiger charge is -2.20. The largest absolute Gasteiger partial charge is 0.480 e. The standard InChI is InChI=1S/C15H23N5O4S2/c1-3-5-9-19(10-6-4-2)26(23,24)14-8-7-12(25-14)15-16-17-18-20(15)11-13(21)22/h7-8H,3-6,9-11H2,1-2H3,(H,21,22). The number of carboxylic acids is 1. The second kappa shape index (κ2) is 9.19. The molecule has 0 aliphatic rings. The van der Waals surface area contributed by atoms with Crippen LogP contribution >= 0.6 is 11.3 Å². The smallest absolute Gasteiger partial charge is 0.325 e. The fraction of sp³-hybridized carbons (Fsp3) is 0.600. The van der Waals surface area contributed by atoms with Crippen LogP contribution in [0, 0.1) is 0 Å². The molecular formula is C15H23N5O4S2. The van der Waals surface area contributed by atoms with E-state index in [-0.39, 0.29) is 16.6 Å². The van der Waals surface area contributed by atoms with Gasteiger partial charge in [-0.15, -0.1) is 16.4 Å². The number of tetrazole rings is 1. The number of carboxylic acid groups (broad SMARTS) is 1. The molecule has 2 heterocycles. The molecule has 1 N–H and O–H groups in total. The Labute approximate surface area is 156 Å². The highest BCUT2D eigenvalue weighted by molar-refractivity contribution is 7.91. The summed E-state index contributed by atoms with van der Waals surface area (Å²) in [6.45, 7) is 4.64. The van der Waals surface area contributed by atoms with Gasteiger partial charge in [0.25, 0.3) is 10.0 Å². The first-order chi connectivity index (χ1) is 12.4. The Morgan fingerprint density at radius 1 is 1.23 bits per heavy atom. The van der Waals surface area contributed by atoms with Gasteiger partial charge in [0, 0.05) is 13.1 Å². The van der Waals surface area contributed by atoms with E-state index in [0.717, 1.165) is 41.7 Å². The first kappa shape index (κ1) is 20.5. The van der Waals surface area contributed by atoms with Gasteiger partial charge in [-0.1, -0.05) is 26.7 Å². The minimum atomic E-state index is -3.59. The lowest BCUT2D eigenvalue weighted by atomic mass is 10.3. The van der Waals surface area contributed by atoms with Crippen molar-refractivity contribution in [3.05, 3.63) is 12.1 Å². The fourth-order valence-corrected chi connectivity index (χ4v) is 5.31. The van der Waals surface area contributed by atoms with E-state index in [4.69, 9.17) is 5.11 Å². The van der Waals surface area contributed by atoms with E-state index in [1.807, 2.05) is 13.8 Å². The lowest BCUT2D eigenvalue weighted by Crippen LogP contribution is -2.32. The number of nitrogens with zero attached hydrogens (tertiary/aromatic N) is 5. The summed E-state index contributed by atoms with van der Waals surface area (Å²) in [6.07, 6.45) is 3.44. The summed E-state index contributed by atoms with van der Waals surface area (Å²) in [7, 11) is -3.59. The van der Waals surface area contributed by atoms with E-state index in [1.165, 1.54) is 10.4 Å². The summed E-state index contributed by atoms with van der Waals surface area (Å²) >= 11 is 1.05. The van der Waals surface area contributed by atoms with Crippen LogP contribution in [0.3, 0.4) is 0 Å². The van der Waals surface area contributed by atoms with Gasteiger partial charge in [-0.05, 0) is 35.4 Å². The molecule has 0 bridgehead atoms. The highest BCUT2D eigenvalue weighted by Crippen LogP contribution is 2.31. The number of hydrogen-bond acceptors (Lipinski definition) is 7. The van der Waals surface area contributed by atoms with E-state index in [1.54, 1.807) is 6.07 Å². The van der Waals surface area contributed by atoms with E-state index in [2.05, 4.69) is 15.5 Å². The monoisotopic (exact) mass is 401 g/mol. The molecule has 0 radical (unpaired) electrons. The molecule has 0 aromatic carbocycles. The summed E-state index contributed by atoms with van der Waals surface area (Å²) in [5.41, 5.74) is 0. The van der Waals surface area contributed by atoms with Gasteiger partial charge in [0.1, 0.15) is 10.8 Å². The van der Waals surface area contributed by atoms with Gasteiger partial charge < -0.3 is 5.11 Å². The van der Waals surface area contributed by atoms with Gasteiger partial charge in [0.15, 0.2) is 5.82 Å². The molecule has 0 spiro atoms. The summed E-state index contributed by atoms with van der Waals surface area (Å²) in [4.78, 5) is 11.4. The van der Waals surface area contributed by atoms with Crippen LogP contribution in [0.2, 0.25) is 0 Å². The molecule has 2 aromatic rings. The molecule has 0 saturated heterocycles. The van der Waals surface area contributed by atoms with Gasteiger partial charge in [-0.3, -0.25) is 4.79 Å². The third kappa shape index (κ3) is 4.86. The van der Waals surface area contributed by atoms with Crippen LogP contribution in [0.5, 0.6) is 0 Å². The second-order valence-electron chi connectivity index (χ2n) is 5.78. The summed E-state index contributed by atoms with van der Waals surface area (Å²) in [5, 5.41) is 19.9. The highest BCUT2D eigenvalue weighted by Gasteiger charge is 2.26. The van der Waals surface area contributed by atoms with Crippen LogP contribution in [0.1, 0.15) is 39.5 Å². The first-order valence-corrected chi connectivity index (χ1v) is 10.7. The summed E-state index contributed by atoms with van der Waals surface area (Å²) in [5.74, 6) is -0.833. The molecule has 144 valence electrons. The maximum Gasteiger partial charge on any atom is 0.325 e. The highest BCUT2D eigenvalue weighted by atomic mass is 32.2. The molecule has 26 heavy (non-hydrogen) atoms. The number of thiophene rings is 1. The van der Waals surface area contributed by atoms with Crippen molar-refractivity contribution in [3.8, 4) is 10.7 Å². The normalized spacial score (nSPS) is 12.0. The van der Waals surface area contributed by atoms with Crippen molar-refractivity contribution < 1.29 is 18.3 Å². The average molecular weight is 402 g/mol. The van der Waals surface area contributed by atoms with Crippen molar-refractivity contribution in [2.75, 3.05) is 13.1 Å². The molecule has 9 nitrogen and oxygen atoms in total. The molecule has 11 heteroatoms. The van der Waals surface area contributed by atoms with E-state index >= 15 is 0 Å². The third-order valence-corrected chi connectivity index (χ3v) is 7.18. The molecule has 0 fully saturated rings. The van der Waals surface area contributed by atoms with Crippen molar-refractivity contribution in [3.63, 3.8) is 0 Å².